The summed E-state index contributed by atoms with van der Waals surface area (Å²) in [6.07, 6.45) is 1.51. The van der Waals surface area contributed by atoms with Crippen LogP contribution in [0.5, 0.6) is 0 Å². The lowest BCUT2D eigenvalue weighted by Crippen LogP contribution is -2.09. The summed E-state index contributed by atoms with van der Waals surface area (Å²) in [7, 11) is 0. The van der Waals surface area contributed by atoms with Crippen molar-refractivity contribution in [3.8, 4) is 0 Å². The van der Waals surface area contributed by atoms with Crippen molar-refractivity contribution in [3.63, 3.8) is 0 Å². The van der Waals surface area contributed by atoms with Crippen molar-refractivity contribution in [2.45, 2.75) is 0 Å². The average molecular weight is 260 g/mol. The van der Waals surface area contributed by atoms with Crippen LogP contribution in [-0.2, 0) is 0 Å². The Hall–Kier alpha value is -0.820. The Morgan fingerprint density at radius 2 is 1.93 bits per heavy atom. The number of halogens is 3. The molecule has 0 aromatic carbocycles. The number of hydrogen-bond acceptors (Lipinski definition) is 5. The molecule has 2 heterocycles. The van der Waals surface area contributed by atoms with Crippen LogP contribution < -0.4 is 11.3 Å². The summed E-state index contributed by atoms with van der Waals surface area (Å²) in [5, 5.41) is 11.4. The lowest BCUT2D eigenvalue weighted by molar-refractivity contribution is 0.924. The molecule has 0 bridgehead atoms. The summed E-state index contributed by atoms with van der Waals surface area (Å²) in [5.74, 6) is 5.72. The second-order valence-corrected chi connectivity index (χ2v) is 2.00. The first kappa shape index (κ1) is 15.6. The van der Waals surface area contributed by atoms with Crippen LogP contribution in [0.2, 0.25) is 0 Å². The third-order valence-corrected chi connectivity index (χ3v) is 1.31. The lowest BCUT2D eigenvalue weighted by atomic mass is 10.5. The molecule has 0 aliphatic heterocycles. The fourth-order valence-electron chi connectivity index (χ4n) is 0.805. The molecular formula is C5H9Cl3N6. The van der Waals surface area contributed by atoms with Gasteiger partial charge < -0.3 is 5.43 Å². The summed E-state index contributed by atoms with van der Waals surface area (Å²) in [6.45, 7) is 0. The fourth-order valence-corrected chi connectivity index (χ4v) is 0.805. The highest BCUT2D eigenvalue weighted by Crippen LogP contribution is 2.01. The van der Waals surface area contributed by atoms with Gasteiger partial charge in [0, 0.05) is 0 Å². The molecule has 6 nitrogen and oxygen atoms in total. The molecule has 2 aromatic heterocycles. The Morgan fingerprint density at radius 1 is 1.21 bits per heavy atom. The van der Waals surface area contributed by atoms with Crippen molar-refractivity contribution in [2.75, 3.05) is 5.43 Å². The van der Waals surface area contributed by atoms with E-state index in [4.69, 9.17) is 5.84 Å². The van der Waals surface area contributed by atoms with E-state index in [0.717, 1.165) is 0 Å². The van der Waals surface area contributed by atoms with Crippen LogP contribution in [0.25, 0.3) is 5.65 Å². The normalized spacial score (nSPS) is 8.07. The van der Waals surface area contributed by atoms with Crippen LogP contribution in [0.4, 0.5) is 5.82 Å². The van der Waals surface area contributed by atoms with Crippen molar-refractivity contribution in [1.82, 2.24) is 19.8 Å². The van der Waals surface area contributed by atoms with Gasteiger partial charge in [-0.05, 0) is 12.1 Å². The van der Waals surface area contributed by atoms with E-state index in [-0.39, 0.29) is 37.2 Å². The first-order chi connectivity index (χ1) is 5.40. The van der Waals surface area contributed by atoms with E-state index in [0.29, 0.717) is 11.5 Å². The van der Waals surface area contributed by atoms with Crippen LogP contribution in [0.3, 0.4) is 0 Å². The van der Waals surface area contributed by atoms with Crippen molar-refractivity contribution >= 4 is 48.7 Å². The Morgan fingerprint density at radius 3 is 2.57 bits per heavy atom. The highest BCUT2D eigenvalue weighted by atomic mass is 35.5. The Kier molecular flexibility index (Phi) is 7.38. The molecule has 14 heavy (non-hydrogen) atoms. The topological polar surface area (TPSA) is 81.1 Å². The average Bonchev–Trinajstić information content (AvgIpc) is 2.50. The van der Waals surface area contributed by atoms with Crippen LogP contribution >= 0.6 is 37.2 Å². The minimum atomic E-state index is 0. The zero-order valence-electron chi connectivity index (χ0n) is 6.82. The first-order valence-corrected chi connectivity index (χ1v) is 3.04. The summed E-state index contributed by atoms with van der Waals surface area (Å²) < 4.78 is 1.54. The molecule has 0 saturated carbocycles. The number of nitrogen functional groups attached to an aromatic ring is 1. The number of nitrogens with two attached hydrogens (primary N) is 1. The van der Waals surface area contributed by atoms with Gasteiger partial charge in [0.25, 0.3) is 0 Å². The number of anilines is 1. The van der Waals surface area contributed by atoms with Gasteiger partial charge in [0.15, 0.2) is 11.5 Å². The van der Waals surface area contributed by atoms with Gasteiger partial charge in [-0.3, -0.25) is 0 Å². The monoisotopic (exact) mass is 258 g/mol. The molecular weight excluding hydrogens is 250 g/mol. The summed E-state index contributed by atoms with van der Waals surface area (Å²) in [5.41, 5.74) is 3.12. The minimum Gasteiger partial charge on any atom is -0.307 e. The Bertz CT molecular complexity index is 376. The summed E-state index contributed by atoms with van der Waals surface area (Å²) in [4.78, 5) is 0. The van der Waals surface area contributed by atoms with Gasteiger partial charge in [-0.15, -0.1) is 52.5 Å². The quantitative estimate of drug-likeness (QED) is 0.581. The predicted molar refractivity (Wildman–Crippen MR) is 60.3 cm³/mol. The van der Waals surface area contributed by atoms with Crippen LogP contribution in [0.1, 0.15) is 0 Å². The summed E-state index contributed by atoms with van der Waals surface area (Å²) in [6, 6.07) is 3.50. The molecule has 0 atom stereocenters. The molecule has 0 aliphatic rings. The molecule has 3 N–H and O–H groups in total. The number of nitrogens with zero attached hydrogens (tertiary/aromatic N) is 4. The van der Waals surface area contributed by atoms with Crippen LogP contribution in [0, 0.1) is 0 Å². The van der Waals surface area contributed by atoms with Gasteiger partial charge in [-0.2, -0.15) is 4.52 Å². The van der Waals surface area contributed by atoms with Gasteiger partial charge in [-0.1, -0.05) is 0 Å². The van der Waals surface area contributed by atoms with Gasteiger partial charge in [-0.25, -0.2) is 5.84 Å². The van der Waals surface area contributed by atoms with Gasteiger partial charge >= 0.3 is 0 Å². The van der Waals surface area contributed by atoms with Gasteiger partial charge in [0.2, 0.25) is 0 Å². The molecule has 80 valence electrons. The molecule has 2 rings (SSSR count). The SMILES string of the molecule is Cl.Cl.Cl.NNc1ccc2nncn2n1. The Balaban J connectivity index is 0. The number of aromatic nitrogens is 4. The fraction of sp³-hybridized carbons (Fsp3) is 0. The second kappa shape index (κ2) is 6.61. The predicted octanol–water partition coefficient (Wildman–Crippen LogP) is 0.675. The highest BCUT2D eigenvalue weighted by Gasteiger charge is 1.95. The second-order valence-electron chi connectivity index (χ2n) is 2.00. The van der Waals surface area contributed by atoms with Gasteiger partial charge in [0.05, 0.1) is 0 Å². The van der Waals surface area contributed by atoms with Gasteiger partial charge in [0.1, 0.15) is 6.33 Å². The van der Waals surface area contributed by atoms with Crippen molar-refractivity contribution in [2.24, 2.45) is 5.84 Å². The van der Waals surface area contributed by atoms with Crippen LogP contribution in [0.15, 0.2) is 18.5 Å². The van der Waals surface area contributed by atoms with E-state index < -0.39 is 0 Å². The van der Waals surface area contributed by atoms with E-state index in [1.165, 1.54) is 10.8 Å². The van der Waals surface area contributed by atoms with Crippen molar-refractivity contribution in [1.29, 1.82) is 0 Å². The zero-order chi connectivity index (χ0) is 7.68. The molecule has 0 unspecified atom stereocenters. The maximum Gasteiger partial charge on any atom is 0.177 e. The number of nitrogens with one attached hydrogen (secondary N) is 1. The van der Waals surface area contributed by atoms with Crippen LogP contribution in [-0.4, -0.2) is 19.8 Å². The van der Waals surface area contributed by atoms with E-state index in [1.807, 2.05) is 0 Å². The van der Waals surface area contributed by atoms with E-state index in [9.17, 15) is 0 Å². The number of hydrogen-bond donors (Lipinski definition) is 2. The largest absolute Gasteiger partial charge is 0.307 e. The molecule has 0 spiro atoms. The molecule has 0 fully saturated rings. The summed E-state index contributed by atoms with van der Waals surface area (Å²) >= 11 is 0. The van der Waals surface area contributed by atoms with E-state index in [2.05, 4.69) is 20.7 Å². The highest BCUT2D eigenvalue weighted by molar-refractivity contribution is 5.86. The zero-order valence-corrected chi connectivity index (χ0v) is 9.27. The maximum atomic E-state index is 5.14. The lowest BCUT2D eigenvalue weighted by Gasteiger charge is -1.96. The van der Waals surface area contributed by atoms with E-state index >= 15 is 0 Å². The number of hydrazine groups is 1. The van der Waals surface area contributed by atoms with Crippen molar-refractivity contribution < 1.29 is 0 Å². The molecule has 9 heteroatoms. The molecule has 0 radical (unpaired) electrons. The molecule has 0 saturated heterocycles. The molecule has 0 amide bonds. The van der Waals surface area contributed by atoms with E-state index in [1.54, 1.807) is 12.1 Å². The maximum absolute atomic E-state index is 5.14. The number of rotatable bonds is 1. The minimum absolute atomic E-state index is 0. The third-order valence-electron chi connectivity index (χ3n) is 1.31. The smallest absolute Gasteiger partial charge is 0.177 e. The third kappa shape index (κ3) is 2.85. The first-order valence-electron chi connectivity index (χ1n) is 3.04. The number of fused-ring (bicyclic) bond motifs is 1. The van der Waals surface area contributed by atoms with Crippen molar-refractivity contribution in [3.05, 3.63) is 18.5 Å². The Labute approximate surface area is 98.5 Å². The molecule has 2 aromatic rings. The molecule has 0 aliphatic carbocycles. The standard InChI is InChI=1S/C5H6N6.3ClH/c6-8-4-1-2-5-9-7-3-11(5)10-4;;;/h1-3H,6H2,(H,8,10);3*1H.